The summed E-state index contributed by atoms with van der Waals surface area (Å²) in [5.74, 6) is 0.320. The Morgan fingerprint density at radius 3 is 2.94 bits per heavy atom. The van der Waals surface area contributed by atoms with Crippen molar-refractivity contribution in [2.24, 2.45) is 0 Å². The van der Waals surface area contributed by atoms with Crippen LogP contribution >= 0.6 is 15.9 Å². The number of aromatic amines is 1. The lowest BCUT2D eigenvalue weighted by Gasteiger charge is -2.03. The van der Waals surface area contributed by atoms with Gasteiger partial charge in [-0.1, -0.05) is 6.07 Å². The van der Waals surface area contributed by atoms with Crippen LogP contribution in [0.4, 0.5) is 5.82 Å². The van der Waals surface area contributed by atoms with Crippen LogP contribution in [-0.4, -0.2) is 21.1 Å². The summed E-state index contributed by atoms with van der Waals surface area (Å²) in [6.45, 7) is 1.85. The van der Waals surface area contributed by atoms with Crippen LogP contribution in [0.15, 0.2) is 29.0 Å². The fourth-order valence-corrected chi connectivity index (χ4v) is 1.53. The number of hydrogen-bond donors (Lipinski definition) is 2. The zero-order chi connectivity index (χ0) is 11.5. The van der Waals surface area contributed by atoms with E-state index in [-0.39, 0.29) is 5.91 Å². The molecule has 0 atom stereocenters. The molecule has 16 heavy (non-hydrogen) atoms. The SMILES string of the molecule is Cc1cn[nH]c1NC(=O)c1cccc(Br)n1. The zero-order valence-corrected chi connectivity index (χ0v) is 10.1. The molecule has 2 N–H and O–H groups in total. The van der Waals surface area contributed by atoms with Crippen LogP contribution in [0.2, 0.25) is 0 Å². The Morgan fingerprint density at radius 1 is 1.50 bits per heavy atom. The minimum atomic E-state index is -0.270. The van der Waals surface area contributed by atoms with Crippen LogP contribution in [0.25, 0.3) is 0 Å². The van der Waals surface area contributed by atoms with Gasteiger partial charge in [-0.05, 0) is 35.0 Å². The minimum absolute atomic E-state index is 0.270. The van der Waals surface area contributed by atoms with E-state index in [0.29, 0.717) is 16.1 Å². The predicted octanol–water partition coefficient (Wildman–Crippen LogP) is 2.13. The van der Waals surface area contributed by atoms with Gasteiger partial charge in [0.15, 0.2) is 0 Å². The van der Waals surface area contributed by atoms with Crippen LogP contribution in [-0.2, 0) is 0 Å². The van der Waals surface area contributed by atoms with E-state index in [1.54, 1.807) is 24.4 Å². The van der Waals surface area contributed by atoms with Crippen molar-refractivity contribution in [1.82, 2.24) is 15.2 Å². The summed E-state index contributed by atoms with van der Waals surface area (Å²) in [4.78, 5) is 15.8. The smallest absolute Gasteiger partial charge is 0.275 e. The maximum absolute atomic E-state index is 11.8. The molecule has 0 aliphatic heterocycles. The number of aryl methyl sites for hydroxylation is 1. The Morgan fingerprint density at radius 2 is 2.31 bits per heavy atom. The molecule has 0 saturated carbocycles. The highest BCUT2D eigenvalue weighted by Crippen LogP contribution is 2.11. The molecule has 0 bridgehead atoms. The van der Waals surface area contributed by atoms with Crippen LogP contribution < -0.4 is 5.32 Å². The van der Waals surface area contributed by atoms with E-state index in [2.05, 4.69) is 36.4 Å². The van der Waals surface area contributed by atoms with Gasteiger partial charge in [0.05, 0.1) is 6.20 Å². The van der Waals surface area contributed by atoms with Gasteiger partial charge in [0, 0.05) is 5.56 Å². The van der Waals surface area contributed by atoms with Gasteiger partial charge in [0.1, 0.15) is 16.1 Å². The predicted molar refractivity (Wildman–Crippen MR) is 63.2 cm³/mol. The summed E-state index contributed by atoms with van der Waals surface area (Å²) in [5.41, 5.74) is 1.23. The van der Waals surface area contributed by atoms with Gasteiger partial charge in [-0.2, -0.15) is 5.10 Å². The molecule has 6 heteroatoms. The minimum Gasteiger partial charge on any atom is -0.305 e. The molecule has 0 unspecified atom stereocenters. The van der Waals surface area contributed by atoms with E-state index in [1.807, 2.05) is 6.92 Å². The topological polar surface area (TPSA) is 70.7 Å². The molecular weight excluding hydrogens is 272 g/mol. The van der Waals surface area contributed by atoms with Gasteiger partial charge in [0.25, 0.3) is 5.91 Å². The van der Waals surface area contributed by atoms with Crippen molar-refractivity contribution in [3.63, 3.8) is 0 Å². The quantitative estimate of drug-likeness (QED) is 0.828. The Labute approximate surface area is 100 Å². The molecule has 2 aromatic heterocycles. The summed E-state index contributed by atoms with van der Waals surface area (Å²) in [6, 6.07) is 5.16. The van der Waals surface area contributed by atoms with Crippen molar-refractivity contribution >= 4 is 27.7 Å². The molecule has 2 aromatic rings. The van der Waals surface area contributed by atoms with Crippen molar-refractivity contribution in [2.45, 2.75) is 6.92 Å². The van der Waals surface area contributed by atoms with Gasteiger partial charge in [0.2, 0.25) is 0 Å². The Bertz CT molecular complexity index is 523. The van der Waals surface area contributed by atoms with Gasteiger partial charge < -0.3 is 5.32 Å². The zero-order valence-electron chi connectivity index (χ0n) is 8.49. The molecule has 0 saturated heterocycles. The Kier molecular flexibility index (Phi) is 3.00. The summed E-state index contributed by atoms with van der Waals surface area (Å²) in [6.07, 6.45) is 1.64. The third-order valence-electron chi connectivity index (χ3n) is 2.02. The van der Waals surface area contributed by atoms with Crippen LogP contribution in [0, 0.1) is 6.92 Å². The number of rotatable bonds is 2. The molecule has 0 fully saturated rings. The van der Waals surface area contributed by atoms with Gasteiger partial charge in [-0.25, -0.2) is 4.98 Å². The van der Waals surface area contributed by atoms with Crippen molar-refractivity contribution < 1.29 is 4.79 Å². The van der Waals surface area contributed by atoms with Gasteiger partial charge >= 0.3 is 0 Å². The maximum Gasteiger partial charge on any atom is 0.275 e. The standard InChI is InChI=1S/C10H9BrN4O/c1-6-5-12-15-9(6)14-10(16)7-3-2-4-8(11)13-7/h2-5H,1H3,(H2,12,14,15,16). The normalized spacial score (nSPS) is 10.1. The highest BCUT2D eigenvalue weighted by molar-refractivity contribution is 9.10. The van der Waals surface area contributed by atoms with Gasteiger partial charge in [-0.3, -0.25) is 9.89 Å². The van der Waals surface area contributed by atoms with Crippen molar-refractivity contribution in [2.75, 3.05) is 5.32 Å². The number of anilines is 1. The van der Waals surface area contributed by atoms with Crippen molar-refractivity contribution in [3.05, 3.63) is 40.3 Å². The third kappa shape index (κ3) is 2.27. The first kappa shape index (κ1) is 10.8. The number of H-pyrrole nitrogens is 1. The summed E-state index contributed by atoms with van der Waals surface area (Å²) >= 11 is 3.21. The van der Waals surface area contributed by atoms with Crippen molar-refractivity contribution in [3.8, 4) is 0 Å². The van der Waals surface area contributed by atoms with E-state index in [4.69, 9.17) is 0 Å². The third-order valence-corrected chi connectivity index (χ3v) is 2.46. The van der Waals surface area contributed by atoms with E-state index < -0.39 is 0 Å². The molecule has 0 radical (unpaired) electrons. The highest BCUT2D eigenvalue weighted by Gasteiger charge is 2.10. The summed E-state index contributed by atoms with van der Waals surface area (Å²) in [7, 11) is 0. The van der Waals surface area contributed by atoms with Crippen LogP contribution in [0.5, 0.6) is 0 Å². The molecule has 0 aliphatic rings. The molecule has 2 rings (SSSR count). The highest BCUT2D eigenvalue weighted by atomic mass is 79.9. The number of nitrogens with one attached hydrogen (secondary N) is 2. The lowest BCUT2D eigenvalue weighted by atomic mass is 10.3. The number of carbonyl (C=O) groups excluding carboxylic acids is 1. The van der Waals surface area contributed by atoms with Crippen LogP contribution in [0.1, 0.15) is 16.1 Å². The van der Waals surface area contributed by atoms with Crippen molar-refractivity contribution in [1.29, 1.82) is 0 Å². The fraction of sp³-hybridized carbons (Fsp3) is 0.100. The summed E-state index contributed by atoms with van der Waals surface area (Å²) < 4.78 is 0.626. The van der Waals surface area contributed by atoms with E-state index in [9.17, 15) is 4.79 Å². The molecule has 82 valence electrons. The first-order valence-electron chi connectivity index (χ1n) is 4.60. The van der Waals surface area contributed by atoms with E-state index >= 15 is 0 Å². The Hall–Kier alpha value is -1.69. The largest absolute Gasteiger partial charge is 0.305 e. The number of hydrogen-bond acceptors (Lipinski definition) is 3. The average Bonchev–Trinajstić information content (AvgIpc) is 2.64. The Balaban J connectivity index is 2.18. The molecule has 0 spiro atoms. The second-order valence-corrected chi connectivity index (χ2v) is 4.04. The number of carbonyl (C=O) groups is 1. The first-order valence-corrected chi connectivity index (χ1v) is 5.40. The maximum atomic E-state index is 11.8. The average molecular weight is 281 g/mol. The van der Waals surface area contributed by atoms with Crippen LogP contribution in [0.3, 0.4) is 0 Å². The monoisotopic (exact) mass is 280 g/mol. The lowest BCUT2D eigenvalue weighted by molar-refractivity contribution is 0.102. The molecule has 5 nitrogen and oxygen atoms in total. The first-order chi connectivity index (χ1) is 7.66. The van der Waals surface area contributed by atoms with E-state index in [1.165, 1.54) is 0 Å². The number of pyridine rings is 1. The number of nitrogens with zero attached hydrogens (tertiary/aromatic N) is 2. The van der Waals surface area contributed by atoms with Gasteiger partial charge in [-0.15, -0.1) is 0 Å². The number of halogens is 1. The molecular formula is C10H9BrN4O. The number of amides is 1. The molecule has 2 heterocycles. The number of aromatic nitrogens is 3. The fourth-order valence-electron chi connectivity index (χ4n) is 1.19. The summed E-state index contributed by atoms with van der Waals surface area (Å²) in [5, 5.41) is 9.21. The second kappa shape index (κ2) is 4.44. The molecule has 1 amide bonds. The lowest BCUT2D eigenvalue weighted by Crippen LogP contribution is -2.14. The molecule has 0 aliphatic carbocycles. The van der Waals surface area contributed by atoms with E-state index in [0.717, 1.165) is 5.56 Å². The molecule has 0 aromatic carbocycles. The second-order valence-electron chi connectivity index (χ2n) is 3.23.